The van der Waals surface area contributed by atoms with E-state index in [1.807, 2.05) is 24.4 Å². The Morgan fingerprint density at radius 2 is 1.82 bits per heavy atom. The van der Waals surface area contributed by atoms with E-state index in [0.29, 0.717) is 26.4 Å². The van der Waals surface area contributed by atoms with Gasteiger partial charge in [-0.2, -0.15) is 0 Å². The lowest BCUT2D eigenvalue weighted by molar-refractivity contribution is 0.170. The summed E-state index contributed by atoms with van der Waals surface area (Å²) in [6.45, 7) is 2.28. The second-order valence-electron chi connectivity index (χ2n) is 7.04. The van der Waals surface area contributed by atoms with Crippen LogP contribution in [0.5, 0.6) is 17.2 Å². The van der Waals surface area contributed by atoms with E-state index in [1.54, 1.807) is 0 Å². The highest BCUT2D eigenvalue weighted by atomic mass is 16.6. The van der Waals surface area contributed by atoms with E-state index in [4.69, 9.17) is 14.2 Å². The van der Waals surface area contributed by atoms with Gasteiger partial charge in [0.05, 0.1) is 17.9 Å². The lowest BCUT2D eigenvalue weighted by Gasteiger charge is -2.30. The number of hydrogen-bond donors (Lipinski definition) is 0. The molecule has 3 aromatic rings. The summed E-state index contributed by atoms with van der Waals surface area (Å²) in [6, 6.07) is 16.4. The Labute approximate surface area is 162 Å². The van der Waals surface area contributed by atoms with E-state index >= 15 is 0 Å². The van der Waals surface area contributed by atoms with Gasteiger partial charge in [-0.05, 0) is 24.3 Å². The van der Waals surface area contributed by atoms with Gasteiger partial charge in [0, 0.05) is 34.6 Å². The Morgan fingerprint density at radius 1 is 0.929 bits per heavy atom. The highest BCUT2D eigenvalue weighted by Gasteiger charge is 2.32. The standard InChI is InChI=1S/C23H18N2O3/c1-2-7-19-17(6-1)22-18-11-16(25(19)13-15-5-3-4-8-24-15)14-28-20(22)12-21-23(18)27-10-9-26-21/h1-8,11-12H,9-10,13-14H2. The van der Waals surface area contributed by atoms with Crippen LogP contribution in [0.15, 0.2) is 60.4 Å². The van der Waals surface area contributed by atoms with Crippen LogP contribution < -0.4 is 19.1 Å². The van der Waals surface area contributed by atoms with Crippen LogP contribution in [0.4, 0.5) is 5.69 Å². The Kier molecular flexibility index (Phi) is 3.35. The quantitative estimate of drug-likeness (QED) is 0.674. The van der Waals surface area contributed by atoms with Crippen LogP contribution in [-0.4, -0.2) is 24.8 Å². The zero-order valence-corrected chi connectivity index (χ0v) is 15.2. The molecule has 0 saturated heterocycles. The molecule has 5 nitrogen and oxygen atoms in total. The van der Waals surface area contributed by atoms with Gasteiger partial charge in [0.1, 0.15) is 25.6 Å². The number of aromatic nitrogens is 1. The molecule has 0 aliphatic carbocycles. The maximum absolute atomic E-state index is 6.22. The largest absolute Gasteiger partial charge is 0.487 e. The molecule has 0 radical (unpaired) electrons. The van der Waals surface area contributed by atoms with Gasteiger partial charge in [0.2, 0.25) is 0 Å². The third-order valence-corrected chi connectivity index (χ3v) is 5.38. The fourth-order valence-corrected chi connectivity index (χ4v) is 4.15. The SMILES string of the molecule is C1=C2COc3cc4c(c1c3-c1ccccc1N2Cc1ccccn1)OCCO4. The summed E-state index contributed by atoms with van der Waals surface area (Å²) in [5, 5.41) is 0. The molecule has 0 saturated carbocycles. The molecule has 28 heavy (non-hydrogen) atoms. The normalized spacial score (nSPS) is 15.9. The van der Waals surface area contributed by atoms with E-state index < -0.39 is 0 Å². The first-order chi connectivity index (χ1) is 13.9. The molecule has 4 heterocycles. The zero-order valence-electron chi connectivity index (χ0n) is 15.2. The van der Waals surface area contributed by atoms with Crippen molar-refractivity contribution in [3.8, 4) is 28.4 Å². The van der Waals surface area contributed by atoms with Gasteiger partial charge in [0.25, 0.3) is 0 Å². The Bertz CT molecular complexity index is 1110. The smallest absolute Gasteiger partial charge is 0.169 e. The number of pyridine rings is 1. The van der Waals surface area contributed by atoms with Crippen molar-refractivity contribution in [3.63, 3.8) is 0 Å². The van der Waals surface area contributed by atoms with Crippen molar-refractivity contribution in [1.82, 2.24) is 4.98 Å². The predicted octanol–water partition coefficient (Wildman–Crippen LogP) is 4.27. The maximum Gasteiger partial charge on any atom is 0.169 e. The summed E-state index contributed by atoms with van der Waals surface area (Å²) < 4.78 is 18.1. The first-order valence-corrected chi connectivity index (χ1v) is 9.45. The molecular weight excluding hydrogens is 352 g/mol. The van der Waals surface area contributed by atoms with Gasteiger partial charge in [-0.15, -0.1) is 0 Å². The second-order valence-corrected chi connectivity index (χ2v) is 7.04. The molecule has 0 N–H and O–H groups in total. The van der Waals surface area contributed by atoms with Crippen LogP contribution in [0.2, 0.25) is 0 Å². The highest BCUT2D eigenvalue weighted by molar-refractivity contribution is 5.95. The molecule has 138 valence electrons. The van der Waals surface area contributed by atoms with Crippen LogP contribution in [0.25, 0.3) is 17.2 Å². The van der Waals surface area contributed by atoms with Gasteiger partial charge in [-0.25, -0.2) is 0 Å². The van der Waals surface area contributed by atoms with Crippen molar-refractivity contribution in [3.05, 3.63) is 71.7 Å². The maximum atomic E-state index is 6.22. The average Bonchev–Trinajstić information content (AvgIpc) is 2.97. The number of rotatable bonds is 2. The van der Waals surface area contributed by atoms with Gasteiger partial charge in [-0.3, -0.25) is 4.98 Å². The minimum atomic E-state index is 0.487. The lowest BCUT2D eigenvalue weighted by atomic mass is 9.96. The van der Waals surface area contributed by atoms with Crippen molar-refractivity contribution in [2.24, 2.45) is 0 Å². The minimum Gasteiger partial charge on any atom is -0.487 e. The highest BCUT2D eigenvalue weighted by Crippen LogP contribution is 2.52. The van der Waals surface area contributed by atoms with E-state index in [0.717, 1.165) is 51.0 Å². The van der Waals surface area contributed by atoms with Crippen LogP contribution in [0.1, 0.15) is 11.3 Å². The molecule has 1 aromatic heterocycles. The Balaban J connectivity index is 1.60. The predicted molar refractivity (Wildman–Crippen MR) is 107 cm³/mol. The molecule has 2 aromatic carbocycles. The summed E-state index contributed by atoms with van der Waals surface area (Å²) in [7, 11) is 0. The number of anilines is 1. The molecule has 3 aliphatic rings. The van der Waals surface area contributed by atoms with Gasteiger partial charge in [-0.1, -0.05) is 24.3 Å². The molecule has 3 aliphatic heterocycles. The second kappa shape index (κ2) is 6.02. The van der Waals surface area contributed by atoms with E-state index in [1.165, 1.54) is 0 Å². The number of ether oxygens (including phenoxy) is 3. The molecule has 4 bridgehead atoms. The van der Waals surface area contributed by atoms with Crippen molar-refractivity contribution < 1.29 is 14.2 Å². The fourth-order valence-electron chi connectivity index (χ4n) is 4.15. The number of para-hydroxylation sites is 1. The van der Waals surface area contributed by atoms with Gasteiger partial charge in [0.15, 0.2) is 11.5 Å². The summed E-state index contributed by atoms with van der Waals surface area (Å²) in [5.41, 5.74) is 6.48. The van der Waals surface area contributed by atoms with Crippen molar-refractivity contribution in [2.75, 3.05) is 24.7 Å². The molecule has 0 amide bonds. The third kappa shape index (κ3) is 2.29. The molecule has 5 heteroatoms. The van der Waals surface area contributed by atoms with Gasteiger partial charge < -0.3 is 19.1 Å². The number of fused-ring (bicyclic) bond motifs is 2. The summed E-state index contributed by atoms with van der Waals surface area (Å²) >= 11 is 0. The topological polar surface area (TPSA) is 43.8 Å². The van der Waals surface area contributed by atoms with Crippen LogP contribution in [0.3, 0.4) is 0 Å². The van der Waals surface area contributed by atoms with Gasteiger partial charge >= 0.3 is 0 Å². The first kappa shape index (κ1) is 15.6. The monoisotopic (exact) mass is 370 g/mol. The first-order valence-electron chi connectivity index (χ1n) is 9.45. The van der Waals surface area contributed by atoms with E-state index in [2.05, 4.69) is 46.3 Å². The van der Waals surface area contributed by atoms with Crippen molar-refractivity contribution in [1.29, 1.82) is 0 Å². The van der Waals surface area contributed by atoms with E-state index in [9.17, 15) is 0 Å². The van der Waals surface area contributed by atoms with Crippen LogP contribution in [-0.2, 0) is 6.54 Å². The Morgan fingerprint density at radius 3 is 2.75 bits per heavy atom. The minimum absolute atomic E-state index is 0.487. The fraction of sp³-hybridized carbons (Fsp3) is 0.174. The molecule has 6 rings (SSSR count). The van der Waals surface area contributed by atoms with Crippen LogP contribution in [0, 0.1) is 0 Å². The zero-order chi connectivity index (χ0) is 18.5. The molecule has 0 unspecified atom stereocenters. The van der Waals surface area contributed by atoms with Crippen molar-refractivity contribution in [2.45, 2.75) is 6.54 Å². The Hall–Kier alpha value is -3.47. The summed E-state index contributed by atoms with van der Waals surface area (Å²) in [5.74, 6) is 2.41. The van der Waals surface area contributed by atoms with Crippen LogP contribution >= 0.6 is 0 Å². The summed E-state index contributed by atoms with van der Waals surface area (Å²) in [6.07, 6.45) is 4.02. The van der Waals surface area contributed by atoms with Crippen molar-refractivity contribution >= 4 is 11.8 Å². The van der Waals surface area contributed by atoms with E-state index in [-0.39, 0.29) is 0 Å². The molecule has 0 atom stereocenters. The number of nitrogens with zero attached hydrogens (tertiary/aromatic N) is 2. The number of benzene rings is 2. The molecule has 0 spiro atoms. The third-order valence-electron chi connectivity index (χ3n) is 5.38. The average molecular weight is 370 g/mol. The number of hydrogen-bond acceptors (Lipinski definition) is 5. The summed E-state index contributed by atoms with van der Waals surface area (Å²) in [4.78, 5) is 6.81. The lowest BCUT2D eigenvalue weighted by Crippen LogP contribution is -2.26. The molecule has 0 fully saturated rings. The molecular formula is C23H18N2O3.